The smallest absolute Gasteiger partial charge is 0.249 e. The Hall–Kier alpha value is -4.53. The van der Waals surface area contributed by atoms with Crippen LogP contribution in [0.1, 0.15) is 60.0 Å². The van der Waals surface area contributed by atoms with Crippen LogP contribution < -0.4 is 19.5 Å². The molecule has 4 aromatic rings. The van der Waals surface area contributed by atoms with Crippen LogP contribution in [-0.4, -0.2) is 75.8 Å². The topological polar surface area (TPSA) is 163 Å². The molecule has 52 heavy (non-hydrogen) atoms. The summed E-state index contributed by atoms with van der Waals surface area (Å²) in [5.74, 6) is -2.32. The van der Waals surface area contributed by atoms with E-state index < -0.39 is 46.7 Å². The Bertz CT molecular complexity index is 2020. The number of thioether (sulfide) groups is 2. The van der Waals surface area contributed by atoms with E-state index in [1.807, 2.05) is 30.7 Å². The molecule has 6 rings (SSSR count). The van der Waals surface area contributed by atoms with Crippen molar-refractivity contribution in [3.63, 3.8) is 0 Å². The van der Waals surface area contributed by atoms with Gasteiger partial charge in [0.05, 0.1) is 14.2 Å². The maximum atomic E-state index is 14.4. The highest BCUT2D eigenvalue weighted by Crippen LogP contribution is 2.55. The Morgan fingerprint density at radius 3 is 2.54 bits per heavy atom. The Balaban J connectivity index is 1.40. The summed E-state index contributed by atoms with van der Waals surface area (Å²) in [6.07, 6.45) is 5.58. The van der Waals surface area contributed by atoms with Crippen molar-refractivity contribution in [2.45, 2.75) is 48.6 Å². The molecule has 1 aliphatic heterocycles. The number of aliphatic hydroxyl groups excluding tert-OH is 1. The van der Waals surface area contributed by atoms with Gasteiger partial charge in [-0.15, -0.1) is 11.8 Å². The number of amides is 1. The molecule has 3 heterocycles. The molecular weight excluding hydrogens is 728 g/mol. The fourth-order valence-electron chi connectivity index (χ4n) is 6.67. The number of nitrogens with one attached hydrogen (secondary N) is 1. The number of allylic oxidation sites excluding steroid dienone is 1. The van der Waals surface area contributed by atoms with E-state index in [4.69, 9.17) is 30.3 Å². The molecule has 12 nitrogen and oxygen atoms in total. The third-order valence-electron chi connectivity index (χ3n) is 9.35. The summed E-state index contributed by atoms with van der Waals surface area (Å²) in [6.45, 7) is 1.65. The molecule has 4 unspecified atom stereocenters. The Labute approximate surface area is 314 Å². The molecule has 0 radical (unpaired) electrons. The highest BCUT2D eigenvalue weighted by atomic mass is 35.5. The largest absolute Gasteiger partial charge is 0.507 e. The quantitative estimate of drug-likeness (QED) is 0.133. The van der Waals surface area contributed by atoms with E-state index in [0.29, 0.717) is 23.4 Å². The number of hydrogen-bond donors (Lipinski definition) is 2. The lowest BCUT2D eigenvalue weighted by Gasteiger charge is -2.38. The van der Waals surface area contributed by atoms with Gasteiger partial charge in [-0.1, -0.05) is 41.9 Å². The molecule has 4 atom stereocenters. The first-order valence-corrected chi connectivity index (χ1v) is 19.4. The maximum Gasteiger partial charge on any atom is 0.249 e. The lowest BCUT2D eigenvalue weighted by molar-refractivity contribution is -0.122. The van der Waals surface area contributed by atoms with Crippen LogP contribution in [0.15, 0.2) is 75.5 Å². The predicted molar refractivity (Wildman–Crippen MR) is 198 cm³/mol. The van der Waals surface area contributed by atoms with E-state index in [1.165, 1.54) is 32.0 Å². The molecule has 1 aliphatic carbocycles. The molecule has 0 saturated carbocycles. The normalized spacial score (nSPS) is 19.3. The summed E-state index contributed by atoms with van der Waals surface area (Å²) in [4.78, 5) is 52.3. The number of rotatable bonds is 13. The third-order valence-corrected chi connectivity index (χ3v) is 11.1. The van der Waals surface area contributed by atoms with E-state index >= 15 is 0 Å². The second-order valence-corrected chi connectivity index (χ2v) is 14.6. The monoisotopic (exact) mass is 764 g/mol. The summed E-state index contributed by atoms with van der Waals surface area (Å²) in [5.41, 5.74) is -0.964. The van der Waals surface area contributed by atoms with Crippen molar-refractivity contribution >= 4 is 52.6 Å². The highest BCUT2D eigenvalue weighted by Gasteiger charge is 2.61. The zero-order valence-electron chi connectivity index (χ0n) is 29.1. The fraction of sp³-hybridized carbons (Fsp3) is 0.351. The predicted octanol–water partition coefficient (Wildman–Crippen LogP) is 7.04. The van der Waals surface area contributed by atoms with Gasteiger partial charge in [0.25, 0.3) is 0 Å². The van der Waals surface area contributed by atoms with Gasteiger partial charge in [0.15, 0.2) is 17.3 Å². The van der Waals surface area contributed by atoms with Gasteiger partial charge in [0.1, 0.15) is 33.8 Å². The van der Waals surface area contributed by atoms with Crippen LogP contribution in [0.4, 0.5) is 0 Å². The number of ketones is 2. The van der Waals surface area contributed by atoms with Crippen molar-refractivity contribution in [2.24, 2.45) is 5.92 Å². The zero-order valence-corrected chi connectivity index (χ0v) is 31.5. The number of hydrogen-bond acceptors (Lipinski definition) is 13. The molecule has 2 N–H and O–H groups in total. The Kier molecular flexibility index (Phi) is 11.2. The lowest BCUT2D eigenvalue weighted by atomic mass is 9.69. The van der Waals surface area contributed by atoms with E-state index in [-0.39, 0.29) is 58.0 Å². The van der Waals surface area contributed by atoms with Crippen molar-refractivity contribution in [2.75, 3.05) is 32.5 Å². The minimum Gasteiger partial charge on any atom is -0.507 e. The summed E-state index contributed by atoms with van der Waals surface area (Å²) in [6, 6.07) is 13.5. The Morgan fingerprint density at radius 2 is 1.88 bits per heavy atom. The molecule has 0 bridgehead atoms. The van der Waals surface area contributed by atoms with Crippen LogP contribution in [0.2, 0.25) is 5.02 Å². The van der Waals surface area contributed by atoms with Crippen LogP contribution in [0.3, 0.4) is 0 Å². The molecule has 2 aliphatic rings. The van der Waals surface area contributed by atoms with Gasteiger partial charge in [-0.25, -0.2) is 0 Å². The number of methoxy groups -OCH3 is 2. The number of nitrogens with zero attached hydrogens (tertiary/aromatic N) is 3. The third kappa shape index (κ3) is 6.74. The van der Waals surface area contributed by atoms with Crippen LogP contribution in [0.5, 0.6) is 17.2 Å². The van der Waals surface area contributed by atoms with Crippen LogP contribution >= 0.6 is 35.1 Å². The summed E-state index contributed by atoms with van der Waals surface area (Å²) in [5, 5.41) is 19.4. The van der Waals surface area contributed by atoms with Crippen molar-refractivity contribution < 1.29 is 38.2 Å². The van der Waals surface area contributed by atoms with E-state index in [0.717, 1.165) is 4.90 Å². The molecule has 0 saturated heterocycles. The van der Waals surface area contributed by atoms with Gasteiger partial charge in [-0.05, 0) is 54.5 Å². The average molecular weight is 765 g/mol. The minimum absolute atomic E-state index is 0.0187. The van der Waals surface area contributed by atoms with Crippen molar-refractivity contribution in [3.8, 4) is 28.8 Å². The number of fused-ring (bicyclic) bond motifs is 1. The molecule has 0 fully saturated rings. The number of aliphatic hydroxyl groups is 1. The number of benzene rings is 2. The molecule has 2 aromatic carbocycles. The first kappa shape index (κ1) is 37.2. The van der Waals surface area contributed by atoms with Crippen molar-refractivity contribution in [1.29, 1.82) is 0 Å². The highest BCUT2D eigenvalue weighted by molar-refractivity contribution is 7.98. The SMILES string of the molecule is COc1cc(OC)c2c(c1Cl)OC1(C2=O)C(O)=C(C(CC(=O)NC(CCSC)c2nc(-c3ccccn3)no2)c2ccc(SC)cc2)C(=O)CC1C. The van der Waals surface area contributed by atoms with Crippen LogP contribution in [-0.2, 0) is 9.59 Å². The van der Waals surface area contributed by atoms with E-state index in [9.17, 15) is 19.5 Å². The molecule has 15 heteroatoms. The zero-order chi connectivity index (χ0) is 37.2. The standard InChI is InChI=1S/C37H37ClN4O8S2/c1-19-16-25(43)29(33(45)37(19)34(46)30-26(47-2)18-27(48-3)31(38)32(30)49-37)22(20-9-11-21(52-5)12-10-20)17-28(44)40-24(13-15-51-4)36-41-35(42-50-36)23-8-6-7-14-39-23/h6-12,14,18-19,22,24,45H,13,15-17H2,1-5H3,(H,40,44). The number of pyridine rings is 1. The maximum absolute atomic E-state index is 14.4. The lowest BCUT2D eigenvalue weighted by Crippen LogP contribution is -2.53. The molecule has 2 aromatic heterocycles. The average Bonchev–Trinajstić information content (AvgIpc) is 3.77. The van der Waals surface area contributed by atoms with Gasteiger partial charge in [0, 0.05) is 47.4 Å². The van der Waals surface area contributed by atoms with Crippen LogP contribution in [0.25, 0.3) is 11.5 Å². The van der Waals surface area contributed by atoms with Gasteiger partial charge < -0.3 is 29.2 Å². The number of carbonyl (C=O) groups is 3. The van der Waals surface area contributed by atoms with Crippen molar-refractivity contribution in [3.05, 3.63) is 88.1 Å². The van der Waals surface area contributed by atoms with Gasteiger partial charge in [-0.2, -0.15) is 16.7 Å². The second-order valence-electron chi connectivity index (χ2n) is 12.4. The number of carbonyl (C=O) groups excluding carboxylic acids is 3. The number of aromatic nitrogens is 3. The van der Waals surface area contributed by atoms with Gasteiger partial charge >= 0.3 is 0 Å². The number of Topliss-reactive ketones (excluding diaryl/α,β-unsaturated/α-hetero) is 2. The first-order chi connectivity index (χ1) is 25.1. The second kappa shape index (κ2) is 15.6. The number of halogens is 1. The summed E-state index contributed by atoms with van der Waals surface area (Å²) < 4.78 is 22.9. The summed E-state index contributed by atoms with van der Waals surface area (Å²) >= 11 is 9.76. The Morgan fingerprint density at radius 1 is 1.13 bits per heavy atom. The molecular formula is C37H37ClN4O8S2. The van der Waals surface area contributed by atoms with E-state index in [2.05, 4.69) is 20.4 Å². The van der Waals surface area contributed by atoms with Crippen LogP contribution in [0, 0.1) is 5.92 Å². The van der Waals surface area contributed by atoms with Gasteiger partial charge in [0.2, 0.25) is 29.0 Å². The summed E-state index contributed by atoms with van der Waals surface area (Å²) in [7, 11) is 2.81. The molecule has 272 valence electrons. The molecule has 1 spiro atoms. The number of ether oxygens (including phenoxy) is 3. The minimum atomic E-state index is -2.00. The first-order valence-electron chi connectivity index (χ1n) is 16.4. The van der Waals surface area contributed by atoms with Gasteiger partial charge in [-0.3, -0.25) is 19.4 Å². The fourth-order valence-corrected chi connectivity index (χ4v) is 7.81. The van der Waals surface area contributed by atoms with Crippen molar-refractivity contribution in [1.82, 2.24) is 20.4 Å². The molecule has 1 amide bonds. The van der Waals surface area contributed by atoms with E-state index in [1.54, 1.807) is 49.1 Å².